The maximum Gasteiger partial charge on any atom is 0.253 e. The van der Waals surface area contributed by atoms with E-state index < -0.39 is 5.60 Å². The fourth-order valence-corrected chi connectivity index (χ4v) is 2.97. The van der Waals surface area contributed by atoms with Gasteiger partial charge < -0.3 is 14.7 Å². The molecule has 0 saturated carbocycles. The van der Waals surface area contributed by atoms with Crippen LogP contribution in [0.4, 0.5) is 0 Å². The molecule has 1 heterocycles. The third-order valence-electron chi connectivity index (χ3n) is 4.50. The van der Waals surface area contributed by atoms with E-state index in [4.69, 9.17) is 4.74 Å². The van der Waals surface area contributed by atoms with Crippen molar-refractivity contribution in [2.24, 2.45) is 0 Å². The van der Waals surface area contributed by atoms with Gasteiger partial charge in [-0.05, 0) is 44.0 Å². The number of carbonyl (C=O) groups is 1. The highest BCUT2D eigenvalue weighted by molar-refractivity contribution is 5.94. The number of nitrogens with zero attached hydrogens (tertiary/aromatic N) is 1. The normalized spacial score (nSPS) is 16.7. The lowest BCUT2D eigenvalue weighted by Crippen LogP contribution is -2.49. The zero-order valence-corrected chi connectivity index (χ0v) is 13.9. The van der Waals surface area contributed by atoms with Crippen LogP contribution in [0.2, 0.25) is 0 Å². The van der Waals surface area contributed by atoms with E-state index in [1.165, 1.54) is 0 Å². The third-order valence-corrected chi connectivity index (χ3v) is 4.50. The van der Waals surface area contributed by atoms with Gasteiger partial charge in [-0.1, -0.05) is 35.9 Å². The van der Waals surface area contributed by atoms with Crippen molar-refractivity contribution in [2.75, 3.05) is 19.7 Å². The highest BCUT2D eigenvalue weighted by atomic mass is 16.5. The molecule has 24 heavy (non-hydrogen) atoms. The number of piperidine rings is 1. The van der Waals surface area contributed by atoms with Crippen molar-refractivity contribution >= 4 is 5.91 Å². The monoisotopic (exact) mass is 325 g/mol. The summed E-state index contributed by atoms with van der Waals surface area (Å²) in [4.78, 5) is 14.4. The summed E-state index contributed by atoms with van der Waals surface area (Å²) in [6.07, 6.45) is 1.05. The number of hydrogen-bond acceptors (Lipinski definition) is 3. The molecule has 0 bridgehead atoms. The molecule has 1 fully saturated rings. The quantitative estimate of drug-likeness (QED) is 0.940. The van der Waals surface area contributed by atoms with Crippen LogP contribution in [-0.2, 0) is 0 Å². The Balaban J connectivity index is 1.55. The Labute approximate surface area is 142 Å². The number of para-hydroxylation sites is 1. The van der Waals surface area contributed by atoms with Gasteiger partial charge in [0.15, 0.2) is 0 Å². The van der Waals surface area contributed by atoms with E-state index in [1.807, 2.05) is 66.4 Å². The van der Waals surface area contributed by atoms with Crippen molar-refractivity contribution in [1.29, 1.82) is 0 Å². The summed E-state index contributed by atoms with van der Waals surface area (Å²) in [5.41, 5.74) is 0.908. The van der Waals surface area contributed by atoms with Crippen molar-refractivity contribution in [2.45, 2.75) is 25.4 Å². The highest BCUT2D eigenvalue weighted by Crippen LogP contribution is 2.25. The lowest BCUT2D eigenvalue weighted by molar-refractivity contribution is -0.0475. The predicted octanol–water partition coefficient (Wildman–Crippen LogP) is 3.04. The van der Waals surface area contributed by atoms with E-state index in [-0.39, 0.29) is 12.5 Å². The Bertz CT molecular complexity index is 691. The highest BCUT2D eigenvalue weighted by Gasteiger charge is 2.35. The molecule has 0 aliphatic carbocycles. The Kier molecular flexibility index (Phi) is 4.86. The molecule has 4 heteroatoms. The minimum atomic E-state index is -0.876. The molecule has 0 radical (unpaired) electrons. The first-order valence-electron chi connectivity index (χ1n) is 8.32. The molecule has 1 aliphatic rings. The minimum absolute atomic E-state index is 0.0322. The first-order chi connectivity index (χ1) is 11.6. The largest absolute Gasteiger partial charge is 0.491 e. The van der Waals surface area contributed by atoms with Gasteiger partial charge in [0.1, 0.15) is 18.0 Å². The van der Waals surface area contributed by atoms with Crippen LogP contribution in [0.15, 0.2) is 54.6 Å². The van der Waals surface area contributed by atoms with Gasteiger partial charge >= 0.3 is 0 Å². The zero-order chi connectivity index (χ0) is 17.0. The van der Waals surface area contributed by atoms with E-state index in [9.17, 15) is 9.90 Å². The fraction of sp³-hybridized carbons (Fsp3) is 0.350. The number of aliphatic hydroxyl groups is 1. The van der Waals surface area contributed by atoms with Crippen LogP contribution in [0.1, 0.15) is 28.8 Å². The number of hydrogen-bond donors (Lipinski definition) is 1. The average molecular weight is 325 g/mol. The average Bonchev–Trinajstić information content (AvgIpc) is 2.61. The van der Waals surface area contributed by atoms with Crippen molar-refractivity contribution in [3.63, 3.8) is 0 Å². The summed E-state index contributed by atoms with van der Waals surface area (Å²) < 4.78 is 5.69. The summed E-state index contributed by atoms with van der Waals surface area (Å²) >= 11 is 0. The molecule has 3 rings (SSSR count). The molecule has 0 aromatic heterocycles. The second kappa shape index (κ2) is 7.05. The molecule has 126 valence electrons. The number of aryl methyl sites for hydroxylation is 1. The number of benzene rings is 2. The Hall–Kier alpha value is -2.33. The smallest absolute Gasteiger partial charge is 0.253 e. The van der Waals surface area contributed by atoms with Gasteiger partial charge in [-0.2, -0.15) is 0 Å². The second-order valence-electron chi connectivity index (χ2n) is 6.49. The van der Waals surface area contributed by atoms with Gasteiger partial charge in [0.05, 0.1) is 0 Å². The predicted molar refractivity (Wildman–Crippen MR) is 93.2 cm³/mol. The maximum absolute atomic E-state index is 12.6. The molecule has 4 nitrogen and oxygen atoms in total. The molecular weight excluding hydrogens is 302 g/mol. The van der Waals surface area contributed by atoms with Crippen molar-refractivity contribution in [3.8, 4) is 5.75 Å². The van der Waals surface area contributed by atoms with Crippen LogP contribution >= 0.6 is 0 Å². The molecule has 1 aliphatic heterocycles. The lowest BCUT2D eigenvalue weighted by Gasteiger charge is -2.38. The van der Waals surface area contributed by atoms with Gasteiger partial charge in [0.25, 0.3) is 5.91 Å². The van der Waals surface area contributed by atoms with Gasteiger partial charge in [-0.25, -0.2) is 0 Å². The van der Waals surface area contributed by atoms with E-state index in [0.717, 1.165) is 11.3 Å². The fourth-order valence-electron chi connectivity index (χ4n) is 2.97. The Morgan fingerprint density at radius 2 is 1.83 bits per heavy atom. The molecule has 2 aromatic rings. The van der Waals surface area contributed by atoms with Crippen LogP contribution < -0.4 is 4.74 Å². The van der Waals surface area contributed by atoms with E-state index in [0.29, 0.717) is 31.5 Å². The van der Waals surface area contributed by atoms with Crippen LogP contribution in [0.25, 0.3) is 0 Å². The maximum atomic E-state index is 12.6. The number of likely N-dealkylation sites (tertiary alicyclic amines) is 1. The zero-order valence-electron chi connectivity index (χ0n) is 13.9. The van der Waals surface area contributed by atoms with Gasteiger partial charge in [-0.15, -0.1) is 0 Å². The summed E-state index contributed by atoms with van der Waals surface area (Å²) in [5.74, 6) is 0.786. The molecule has 1 N–H and O–H groups in total. The van der Waals surface area contributed by atoms with Crippen LogP contribution in [0, 0.1) is 6.92 Å². The van der Waals surface area contributed by atoms with Crippen LogP contribution in [0.5, 0.6) is 5.75 Å². The first kappa shape index (κ1) is 16.5. The van der Waals surface area contributed by atoms with E-state index in [2.05, 4.69) is 0 Å². The van der Waals surface area contributed by atoms with Gasteiger partial charge in [0, 0.05) is 18.7 Å². The number of amides is 1. The molecule has 0 atom stereocenters. The van der Waals surface area contributed by atoms with E-state index >= 15 is 0 Å². The first-order valence-corrected chi connectivity index (χ1v) is 8.32. The summed E-state index contributed by atoms with van der Waals surface area (Å²) in [6.45, 7) is 3.32. The Morgan fingerprint density at radius 1 is 1.12 bits per heavy atom. The second-order valence-corrected chi connectivity index (χ2v) is 6.49. The lowest BCUT2D eigenvalue weighted by atomic mass is 9.92. The minimum Gasteiger partial charge on any atom is -0.491 e. The SMILES string of the molecule is Cc1cccc(C(=O)N2CCC(O)(COc3ccccc3)CC2)c1. The van der Waals surface area contributed by atoms with Gasteiger partial charge in [0.2, 0.25) is 0 Å². The van der Waals surface area contributed by atoms with Gasteiger partial charge in [-0.3, -0.25) is 4.79 Å². The number of carbonyl (C=O) groups excluding carboxylic acids is 1. The van der Waals surface area contributed by atoms with Crippen LogP contribution in [-0.4, -0.2) is 41.2 Å². The molecule has 0 unspecified atom stereocenters. The van der Waals surface area contributed by atoms with Crippen molar-refractivity contribution in [1.82, 2.24) is 4.90 Å². The standard InChI is InChI=1S/C20H23NO3/c1-16-6-5-7-17(14-16)19(22)21-12-10-20(23,11-13-21)15-24-18-8-3-2-4-9-18/h2-9,14,23H,10-13,15H2,1H3. The van der Waals surface area contributed by atoms with Crippen LogP contribution in [0.3, 0.4) is 0 Å². The molecule has 0 spiro atoms. The molecule has 1 saturated heterocycles. The summed E-state index contributed by atoms with van der Waals surface area (Å²) in [6, 6.07) is 17.1. The number of rotatable bonds is 4. The Morgan fingerprint density at radius 3 is 2.50 bits per heavy atom. The molecular formula is C20H23NO3. The summed E-state index contributed by atoms with van der Waals surface area (Å²) in [7, 11) is 0. The van der Waals surface area contributed by atoms with Crippen molar-refractivity contribution in [3.05, 3.63) is 65.7 Å². The van der Waals surface area contributed by atoms with Crippen molar-refractivity contribution < 1.29 is 14.6 Å². The molecule has 2 aromatic carbocycles. The molecule has 1 amide bonds. The van der Waals surface area contributed by atoms with E-state index in [1.54, 1.807) is 0 Å². The third kappa shape index (κ3) is 3.95. The topological polar surface area (TPSA) is 49.8 Å². The summed E-state index contributed by atoms with van der Waals surface area (Å²) in [5, 5.41) is 10.7. The number of ether oxygens (including phenoxy) is 1.